The second-order valence-electron chi connectivity index (χ2n) is 10.7. The van der Waals surface area contributed by atoms with Crippen LogP contribution < -0.4 is 20.9 Å². The Morgan fingerprint density at radius 3 is 1.79 bits per heavy atom. The average Bonchev–Trinajstić information content (AvgIpc) is 3.62. The van der Waals surface area contributed by atoms with Crippen LogP contribution in [0.15, 0.2) is 66.9 Å². The summed E-state index contributed by atoms with van der Waals surface area (Å²) in [6, 6.07) is 20.6. The van der Waals surface area contributed by atoms with E-state index in [1.54, 1.807) is 12.1 Å². The summed E-state index contributed by atoms with van der Waals surface area (Å²) in [4.78, 5) is 25.5. The smallest absolute Gasteiger partial charge is 0.274 e. The van der Waals surface area contributed by atoms with E-state index in [9.17, 15) is 4.79 Å². The molecule has 0 bridgehead atoms. The number of nitrogens with zero attached hydrogens (tertiary/aromatic N) is 5. The van der Waals surface area contributed by atoms with Gasteiger partial charge in [0.2, 0.25) is 0 Å². The van der Waals surface area contributed by atoms with Gasteiger partial charge in [-0.3, -0.25) is 4.79 Å². The summed E-state index contributed by atoms with van der Waals surface area (Å²) in [6.45, 7) is 4.36. The number of nitrogens with two attached hydrogens (primary N) is 1. The molecule has 2 aliphatic rings. The Labute approximate surface area is 237 Å². The van der Waals surface area contributed by atoms with E-state index in [-0.39, 0.29) is 5.91 Å². The molecule has 208 valence electrons. The van der Waals surface area contributed by atoms with Crippen LogP contribution in [0.5, 0.6) is 0 Å². The second kappa shape index (κ2) is 13.2. The zero-order valence-electron chi connectivity index (χ0n) is 23.3. The molecule has 2 aromatic carbocycles. The lowest BCUT2D eigenvalue weighted by molar-refractivity contribution is 0.102. The zero-order valence-corrected chi connectivity index (χ0v) is 24.1. The quantitative estimate of drug-likeness (QED) is 0.437. The van der Waals surface area contributed by atoms with Crippen LogP contribution in [0.4, 0.5) is 22.7 Å². The standard InChI is InChI=1S/C18H21ClN4O.C12H19N3/c1-22(2)16-9-10-23(12-16)15-6-4-14(5-7-15)21-18(24)17-8-3-13(19)11-20-17;1-14(2)12-7-8-15(9-12)11-5-3-10(13)4-6-11/h3-8,11,16H,9-10,12H2,1-2H3,(H,21,24);3-6,12H,7-9,13H2,1-2H3. The number of hydrogen-bond donors (Lipinski definition) is 2. The number of amides is 1. The highest BCUT2D eigenvalue weighted by atomic mass is 35.5. The normalized spacial score (nSPS) is 18.8. The number of anilines is 4. The Bertz CT molecular complexity index is 1200. The molecule has 2 atom stereocenters. The van der Waals surface area contributed by atoms with Gasteiger partial charge in [-0.25, -0.2) is 4.98 Å². The van der Waals surface area contributed by atoms with Crippen molar-refractivity contribution in [3.63, 3.8) is 0 Å². The molecule has 2 unspecified atom stereocenters. The molecule has 8 nitrogen and oxygen atoms in total. The lowest BCUT2D eigenvalue weighted by Crippen LogP contribution is -2.31. The summed E-state index contributed by atoms with van der Waals surface area (Å²) in [5.41, 5.74) is 10.1. The maximum atomic E-state index is 12.2. The molecule has 0 aliphatic carbocycles. The van der Waals surface area contributed by atoms with E-state index in [2.05, 4.69) is 70.2 Å². The highest BCUT2D eigenvalue weighted by Crippen LogP contribution is 2.25. The van der Waals surface area contributed by atoms with E-state index in [0.29, 0.717) is 22.8 Å². The minimum atomic E-state index is -0.242. The van der Waals surface area contributed by atoms with Crippen LogP contribution in [0.2, 0.25) is 5.02 Å². The Balaban J connectivity index is 0.000000202. The number of rotatable bonds is 6. The Kier molecular flexibility index (Phi) is 9.67. The maximum Gasteiger partial charge on any atom is 0.274 e. The molecule has 39 heavy (non-hydrogen) atoms. The number of nitrogen functional groups attached to an aromatic ring is 1. The average molecular weight is 550 g/mol. The molecule has 0 radical (unpaired) electrons. The summed E-state index contributed by atoms with van der Waals surface area (Å²) < 4.78 is 0. The summed E-state index contributed by atoms with van der Waals surface area (Å²) in [7, 11) is 8.55. The van der Waals surface area contributed by atoms with E-state index >= 15 is 0 Å². The van der Waals surface area contributed by atoms with Gasteiger partial charge in [-0.2, -0.15) is 0 Å². The van der Waals surface area contributed by atoms with Crippen LogP contribution >= 0.6 is 11.6 Å². The predicted octanol–water partition coefficient (Wildman–Crippen LogP) is 4.54. The first kappa shape index (κ1) is 28.7. The largest absolute Gasteiger partial charge is 0.399 e. The van der Waals surface area contributed by atoms with Crippen LogP contribution in [0.25, 0.3) is 0 Å². The molecule has 1 amide bonds. The van der Waals surface area contributed by atoms with E-state index in [1.807, 2.05) is 36.4 Å². The van der Waals surface area contributed by atoms with E-state index in [0.717, 1.165) is 37.6 Å². The molecule has 2 saturated heterocycles. The van der Waals surface area contributed by atoms with Gasteiger partial charge in [0.1, 0.15) is 5.69 Å². The van der Waals surface area contributed by atoms with Gasteiger partial charge < -0.3 is 30.7 Å². The van der Waals surface area contributed by atoms with Crippen LogP contribution in [-0.2, 0) is 0 Å². The number of halogens is 1. The molecule has 3 N–H and O–H groups in total. The van der Waals surface area contributed by atoms with Gasteiger partial charge in [0.05, 0.1) is 5.02 Å². The SMILES string of the molecule is CN(C)C1CCN(c2ccc(N)cc2)C1.CN(C)C1CCN(c2ccc(NC(=O)c3ccc(Cl)cn3)cc2)C1. The van der Waals surface area contributed by atoms with Gasteiger partial charge in [0, 0.05) is 67.2 Å². The molecule has 1 aromatic heterocycles. The van der Waals surface area contributed by atoms with Crippen LogP contribution in [0, 0.1) is 0 Å². The summed E-state index contributed by atoms with van der Waals surface area (Å²) in [6.07, 6.45) is 3.89. The Morgan fingerprint density at radius 1 is 0.846 bits per heavy atom. The maximum absolute atomic E-state index is 12.2. The number of pyridine rings is 1. The van der Waals surface area contributed by atoms with E-state index in [1.165, 1.54) is 30.4 Å². The van der Waals surface area contributed by atoms with Gasteiger partial charge in [-0.15, -0.1) is 0 Å². The molecular weight excluding hydrogens is 510 g/mol. The first-order valence-electron chi connectivity index (χ1n) is 13.4. The summed E-state index contributed by atoms with van der Waals surface area (Å²) in [5, 5.41) is 3.36. The fraction of sp³-hybridized carbons (Fsp3) is 0.400. The zero-order chi connectivity index (χ0) is 27.9. The van der Waals surface area contributed by atoms with Gasteiger partial charge in [0.25, 0.3) is 5.91 Å². The molecule has 0 saturated carbocycles. The summed E-state index contributed by atoms with van der Waals surface area (Å²) in [5.74, 6) is -0.242. The van der Waals surface area contributed by atoms with E-state index < -0.39 is 0 Å². The third-order valence-corrected chi connectivity index (χ3v) is 7.72. The summed E-state index contributed by atoms with van der Waals surface area (Å²) >= 11 is 5.78. The molecular formula is C30H40ClN7O. The third kappa shape index (κ3) is 7.85. The topological polar surface area (TPSA) is 81.0 Å². The Hall–Kier alpha value is -3.33. The van der Waals surface area contributed by atoms with Crippen molar-refractivity contribution in [2.75, 3.05) is 75.2 Å². The van der Waals surface area contributed by atoms with Gasteiger partial charge >= 0.3 is 0 Å². The number of likely N-dealkylation sites (N-methyl/N-ethyl adjacent to an activating group) is 2. The number of carbonyl (C=O) groups excluding carboxylic acids is 1. The lowest BCUT2D eigenvalue weighted by Gasteiger charge is -2.22. The number of benzene rings is 2. The predicted molar refractivity (Wildman–Crippen MR) is 163 cm³/mol. The number of nitrogens with one attached hydrogen (secondary N) is 1. The van der Waals surface area contributed by atoms with Crippen LogP contribution in [0.1, 0.15) is 23.3 Å². The fourth-order valence-electron chi connectivity index (χ4n) is 4.94. The highest BCUT2D eigenvalue weighted by molar-refractivity contribution is 6.30. The molecule has 3 aromatic rings. The number of aromatic nitrogens is 1. The van der Waals surface area contributed by atoms with Gasteiger partial charge in [0.15, 0.2) is 0 Å². The lowest BCUT2D eigenvalue weighted by atomic mass is 10.2. The molecule has 9 heteroatoms. The van der Waals surface area contributed by atoms with Crippen molar-refractivity contribution in [3.8, 4) is 0 Å². The van der Waals surface area contributed by atoms with Gasteiger partial charge in [-0.05, 0) is 102 Å². The second-order valence-corrected chi connectivity index (χ2v) is 11.1. The molecule has 3 heterocycles. The van der Waals surface area contributed by atoms with E-state index in [4.69, 9.17) is 17.3 Å². The minimum Gasteiger partial charge on any atom is -0.399 e. The van der Waals surface area contributed by atoms with Gasteiger partial charge in [-0.1, -0.05) is 11.6 Å². The van der Waals surface area contributed by atoms with Crippen molar-refractivity contribution < 1.29 is 4.79 Å². The van der Waals surface area contributed by atoms with Crippen LogP contribution in [-0.4, -0.2) is 87.1 Å². The first-order valence-corrected chi connectivity index (χ1v) is 13.8. The highest BCUT2D eigenvalue weighted by Gasteiger charge is 2.25. The fourth-order valence-corrected chi connectivity index (χ4v) is 5.05. The number of hydrogen-bond acceptors (Lipinski definition) is 7. The van der Waals surface area contributed by atoms with Crippen molar-refractivity contribution >= 4 is 40.3 Å². The first-order chi connectivity index (χ1) is 18.7. The van der Waals surface area contributed by atoms with Crippen molar-refractivity contribution in [3.05, 3.63) is 77.6 Å². The minimum absolute atomic E-state index is 0.242. The molecule has 0 spiro atoms. The monoisotopic (exact) mass is 549 g/mol. The number of carbonyl (C=O) groups is 1. The molecule has 5 rings (SSSR count). The van der Waals surface area contributed by atoms with Crippen molar-refractivity contribution in [2.45, 2.75) is 24.9 Å². The third-order valence-electron chi connectivity index (χ3n) is 7.50. The Morgan fingerprint density at radius 2 is 1.36 bits per heavy atom. The van der Waals surface area contributed by atoms with Crippen LogP contribution in [0.3, 0.4) is 0 Å². The molecule has 2 fully saturated rings. The van der Waals surface area contributed by atoms with Crippen molar-refractivity contribution in [1.82, 2.24) is 14.8 Å². The van der Waals surface area contributed by atoms with Crippen molar-refractivity contribution in [2.24, 2.45) is 0 Å². The molecule has 2 aliphatic heterocycles. The van der Waals surface area contributed by atoms with Crippen molar-refractivity contribution in [1.29, 1.82) is 0 Å².